The largest absolute Gasteiger partial charge is 0.288 e. The van der Waals surface area contributed by atoms with Crippen molar-refractivity contribution in [3.63, 3.8) is 0 Å². The van der Waals surface area contributed by atoms with Crippen LogP contribution in [0, 0.1) is 23.3 Å². The summed E-state index contributed by atoms with van der Waals surface area (Å²) in [7, 11) is 0. The zero-order valence-electron chi connectivity index (χ0n) is 9.49. The minimum Gasteiger partial charge on any atom is -0.288 e. The van der Waals surface area contributed by atoms with Crippen LogP contribution in [0.4, 0.5) is 17.6 Å². The molecule has 20 heavy (non-hydrogen) atoms. The fourth-order valence-corrected chi connectivity index (χ4v) is 2.01. The summed E-state index contributed by atoms with van der Waals surface area (Å²) in [5, 5.41) is -0.334. The van der Waals surface area contributed by atoms with E-state index >= 15 is 0 Å². The summed E-state index contributed by atoms with van der Waals surface area (Å²) < 4.78 is 53.0. The first kappa shape index (κ1) is 15.0. The Morgan fingerprint density at radius 3 is 2.10 bits per heavy atom. The Morgan fingerprint density at radius 1 is 1.00 bits per heavy atom. The molecule has 0 aliphatic rings. The van der Waals surface area contributed by atoms with E-state index in [-0.39, 0.29) is 9.50 Å². The molecule has 2 rings (SSSR count). The lowest BCUT2D eigenvalue weighted by Gasteiger charge is -2.06. The Bertz CT molecular complexity index is 695. The molecule has 0 unspecified atom stereocenters. The molecule has 0 N–H and O–H groups in total. The third-order valence-electron chi connectivity index (χ3n) is 2.53. The highest BCUT2D eigenvalue weighted by atomic mass is 79.9. The van der Waals surface area contributed by atoms with E-state index in [1.807, 2.05) is 0 Å². The van der Waals surface area contributed by atoms with Gasteiger partial charge in [-0.3, -0.25) is 4.79 Å². The quantitative estimate of drug-likeness (QED) is 0.420. The monoisotopic (exact) mass is 366 g/mol. The van der Waals surface area contributed by atoms with E-state index in [2.05, 4.69) is 15.9 Å². The van der Waals surface area contributed by atoms with Crippen molar-refractivity contribution in [2.75, 3.05) is 0 Å². The van der Waals surface area contributed by atoms with Crippen molar-refractivity contribution in [1.82, 2.24) is 0 Å². The maximum absolute atomic E-state index is 13.8. The first-order chi connectivity index (χ1) is 9.32. The highest BCUT2D eigenvalue weighted by Crippen LogP contribution is 2.29. The third-order valence-corrected chi connectivity index (χ3v) is 3.78. The summed E-state index contributed by atoms with van der Waals surface area (Å²) in [6.07, 6.45) is 0. The summed E-state index contributed by atoms with van der Waals surface area (Å²) in [6.45, 7) is 0. The highest BCUT2D eigenvalue weighted by Gasteiger charge is 2.21. The number of carbonyl (C=O) groups excluding carboxylic acids is 1. The van der Waals surface area contributed by atoms with Crippen LogP contribution in [-0.4, -0.2) is 5.78 Å². The zero-order valence-corrected chi connectivity index (χ0v) is 11.8. The molecule has 0 amide bonds. The first-order valence-corrected chi connectivity index (χ1v) is 6.32. The molecule has 0 atom stereocenters. The van der Waals surface area contributed by atoms with Crippen LogP contribution in [0.15, 0.2) is 28.7 Å². The van der Waals surface area contributed by atoms with Crippen molar-refractivity contribution in [1.29, 1.82) is 0 Å². The summed E-state index contributed by atoms with van der Waals surface area (Å²) in [4.78, 5) is 12.0. The van der Waals surface area contributed by atoms with E-state index in [1.165, 1.54) is 6.07 Å². The van der Waals surface area contributed by atoms with Crippen molar-refractivity contribution in [2.24, 2.45) is 0 Å². The van der Waals surface area contributed by atoms with Gasteiger partial charge in [0, 0.05) is 10.0 Å². The Hall–Kier alpha value is -1.40. The maximum atomic E-state index is 13.8. The Morgan fingerprint density at radius 2 is 1.55 bits per heavy atom. The molecule has 0 spiro atoms. The summed E-state index contributed by atoms with van der Waals surface area (Å²) in [5.41, 5.74) is -0.984. The lowest BCUT2D eigenvalue weighted by atomic mass is 10.0. The topological polar surface area (TPSA) is 17.1 Å². The van der Waals surface area contributed by atoms with E-state index in [0.717, 1.165) is 6.07 Å². The molecule has 2 aromatic carbocycles. The van der Waals surface area contributed by atoms with Gasteiger partial charge in [0.25, 0.3) is 0 Å². The SMILES string of the molecule is O=C(c1cc(F)c(F)c(F)c1)c1ccc(Br)c(Cl)c1F. The summed E-state index contributed by atoms with van der Waals surface area (Å²) in [5.74, 6) is -6.80. The van der Waals surface area contributed by atoms with E-state index in [1.54, 1.807) is 0 Å². The average Bonchev–Trinajstić information content (AvgIpc) is 2.41. The van der Waals surface area contributed by atoms with Gasteiger partial charge in [0.2, 0.25) is 0 Å². The minimum atomic E-state index is -1.70. The number of rotatable bonds is 2. The van der Waals surface area contributed by atoms with Gasteiger partial charge in [-0.05, 0) is 40.2 Å². The van der Waals surface area contributed by atoms with E-state index < -0.39 is 40.2 Å². The van der Waals surface area contributed by atoms with Crippen molar-refractivity contribution in [2.45, 2.75) is 0 Å². The molecule has 2 aromatic rings. The van der Waals surface area contributed by atoms with Gasteiger partial charge in [-0.25, -0.2) is 17.6 Å². The standard InChI is InChI=1S/C13H4BrClF4O/c14-7-2-1-6(11(18)10(7)15)13(20)5-3-8(16)12(19)9(17)4-5/h1-4H. The number of benzene rings is 2. The van der Waals surface area contributed by atoms with Gasteiger partial charge in [-0.2, -0.15) is 0 Å². The van der Waals surface area contributed by atoms with E-state index in [0.29, 0.717) is 12.1 Å². The van der Waals surface area contributed by atoms with E-state index in [4.69, 9.17) is 11.6 Å². The molecule has 7 heteroatoms. The number of carbonyl (C=O) groups is 1. The van der Waals surface area contributed by atoms with Gasteiger partial charge in [0.1, 0.15) is 0 Å². The van der Waals surface area contributed by atoms with Gasteiger partial charge in [-0.15, -0.1) is 0 Å². The van der Waals surface area contributed by atoms with Crippen LogP contribution in [0.3, 0.4) is 0 Å². The van der Waals surface area contributed by atoms with Crippen molar-refractivity contribution in [3.05, 3.63) is 68.2 Å². The van der Waals surface area contributed by atoms with Gasteiger partial charge in [0.05, 0.1) is 10.6 Å². The van der Waals surface area contributed by atoms with Gasteiger partial charge < -0.3 is 0 Å². The van der Waals surface area contributed by atoms with Crippen molar-refractivity contribution >= 4 is 33.3 Å². The predicted molar refractivity (Wildman–Crippen MR) is 68.9 cm³/mol. The van der Waals surface area contributed by atoms with Gasteiger partial charge in [-0.1, -0.05) is 11.6 Å². The zero-order chi connectivity index (χ0) is 15.0. The second-order valence-corrected chi connectivity index (χ2v) is 5.04. The van der Waals surface area contributed by atoms with Gasteiger partial charge in [0.15, 0.2) is 29.1 Å². The first-order valence-electron chi connectivity index (χ1n) is 5.15. The molecule has 0 radical (unpaired) electrons. The van der Waals surface area contributed by atoms with Crippen LogP contribution in [-0.2, 0) is 0 Å². The predicted octanol–water partition coefficient (Wildman–Crippen LogP) is 4.89. The lowest BCUT2D eigenvalue weighted by Crippen LogP contribution is -2.07. The molecule has 0 aromatic heterocycles. The molecule has 104 valence electrons. The normalized spacial score (nSPS) is 10.7. The van der Waals surface area contributed by atoms with Gasteiger partial charge >= 0.3 is 0 Å². The number of ketones is 1. The van der Waals surface area contributed by atoms with Crippen LogP contribution in [0.2, 0.25) is 5.02 Å². The second kappa shape index (κ2) is 5.54. The third kappa shape index (κ3) is 2.58. The molecule has 0 bridgehead atoms. The molecule has 1 nitrogen and oxygen atoms in total. The Labute approximate surface area is 124 Å². The van der Waals surface area contributed by atoms with Crippen molar-refractivity contribution in [3.8, 4) is 0 Å². The summed E-state index contributed by atoms with van der Waals surface area (Å²) >= 11 is 8.59. The average molecular weight is 368 g/mol. The summed E-state index contributed by atoms with van der Waals surface area (Å²) in [6, 6.07) is 3.41. The number of halogens is 6. The molecule has 0 aliphatic carbocycles. The minimum absolute atomic E-state index is 0.227. The number of hydrogen-bond acceptors (Lipinski definition) is 1. The molecular formula is C13H4BrClF4O. The molecule has 0 aliphatic heterocycles. The fraction of sp³-hybridized carbons (Fsp3) is 0. The lowest BCUT2D eigenvalue weighted by molar-refractivity contribution is 0.103. The van der Waals surface area contributed by atoms with Crippen molar-refractivity contribution < 1.29 is 22.4 Å². The second-order valence-electron chi connectivity index (χ2n) is 3.81. The van der Waals surface area contributed by atoms with Crippen LogP contribution in [0.5, 0.6) is 0 Å². The van der Waals surface area contributed by atoms with Crippen LogP contribution in [0.1, 0.15) is 15.9 Å². The molecular weight excluding hydrogens is 363 g/mol. The molecule has 0 saturated heterocycles. The molecule has 0 saturated carbocycles. The smallest absolute Gasteiger partial charge is 0.196 e. The number of hydrogen-bond donors (Lipinski definition) is 0. The molecule has 0 heterocycles. The van der Waals surface area contributed by atoms with E-state index in [9.17, 15) is 22.4 Å². The highest BCUT2D eigenvalue weighted by molar-refractivity contribution is 9.10. The van der Waals surface area contributed by atoms with Crippen LogP contribution < -0.4 is 0 Å². The van der Waals surface area contributed by atoms with Crippen LogP contribution in [0.25, 0.3) is 0 Å². The van der Waals surface area contributed by atoms with Crippen LogP contribution >= 0.6 is 27.5 Å². The fourth-order valence-electron chi connectivity index (χ4n) is 1.54. The maximum Gasteiger partial charge on any atom is 0.196 e. The molecule has 0 fully saturated rings. The Kier molecular flexibility index (Phi) is 4.15. The Balaban J connectivity index is 2.55.